The van der Waals surface area contributed by atoms with Crippen LogP contribution in [0.2, 0.25) is 0 Å². The fourth-order valence-electron chi connectivity index (χ4n) is 2.40. The number of rotatable bonds is 1. The molecule has 2 aromatic heterocycles. The molecule has 0 unspecified atom stereocenters. The van der Waals surface area contributed by atoms with Crippen LogP contribution >= 0.6 is 0 Å². The van der Waals surface area contributed by atoms with Crippen molar-refractivity contribution in [2.45, 2.75) is 0 Å². The summed E-state index contributed by atoms with van der Waals surface area (Å²) in [5, 5.41) is 0. The van der Waals surface area contributed by atoms with E-state index >= 15 is 0 Å². The van der Waals surface area contributed by atoms with Gasteiger partial charge >= 0.3 is 5.69 Å². The first kappa shape index (κ1) is 10.9. The van der Waals surface area contributed by atoms with Gasteiger partial charge in [0.05, 0.1) is 27.8 Å². The standard InChI is InChI=1S/C15H10N4O/c20-15-18-12-3-1-2-4-14(12)19(15)10-5-6-11-13(9-10)17-8-7-16-11/h1-9H,(H,18,20). The highest BCUT2D eigenvalue weighted by atomic mass is 16.1. The van der Waals surface area contributed by atoms with Gasteiger partial charge in [-0.2, -0.15) is 0 Å². The van der Waals surface area contributed by atoms with Crippen LogP contribution in [0.5, 0.6) is 0 Å². The molecule has 5 heteroatoms. The highest BCUT2D eigenvalue weighted by Crippen LogP contribution is 2.18. The van der Waals surface area contributed by atoms with Crippen LogP contribution in [0.4, 0.5) is 0 Å². The van der Waals surface area contributed by atoms with Crippen LogP contribution in [0.3, 0.4) is 0 Å². The van der Waals surface area contributed by atoms with Crippen molar-refractivity contribution >= 4 is 22.1 Å². The van der Waals surface area contributed by atoms with Crippen molar-refractivity contribution in [2.24, 2.45) is 0 Å². The molecular formula is C15H10N4O. The lowest BCUT2D eigenvalue weighted by Crippen LogP contribution is -2.14. The Bertz CT molecular complexity index is 984. The van der Waals surface area contributed by atoms with Gasteiger partial charge in [0, 0.05) is 12.4 Å². The van der Waals surface area contributed by atoms with E-state index in [2.05, 4.69) is 15.0 Å². The highest BCUT2D eigenvalue weighted by Gasteiger charge is 2.08. The number of fused-ring (bicyclic) bond motifs is 2. The number of nitrogens with zero attached hydrogens (tertiary/aromatic N) is 3. The minimum Gasteiger partial charge on any atom is -0.305 e. The topological polar surface area (TPSA) is 63.6 Å². The highest BCUT2D eigenvalue weighted by molar-refractivity contribution is 5.80. The summed E-state index contributed by atoms with van der Waals surface area (Å²) in [4.78, 5) is 23.5. The Labute approximate surface area is 113 Å². The predicted octanol–water partition coefficient (Wildman–Crippen LogP) is 2.26. The molecule has 0 aliphatic rings. The first-order valence-corrected chi connectivity index (χ1v) is 6.24. The Kier molecular flexibility index (Phi) is 2.20. The number of hydrogen-bond acceptors (Lipinski definition) is 3. The van der Waals surface area contributed by atoms with Crippen LogP contribution in [0.15, 0.2) is 59.7 Å². The van der Waals surface area contributed by atoms with Gasteiger partial charge in [0.25, 0.3) is 0 Å². The number of aromatic amines is 1. The summed E-state index contributed by atoms with van der Waals surface area (Å²) >= 11 is 0. The fourth-order valence-corrected chi connectivity index (χ4v) is 2.40. The van der Waals surface area contributed by atoms with Gasteiger partial charge in [0.15, 0.2) is 0 Å². The summed E-state index contributed by atoms with van der Waals surface area (Å²) in [6.07, 6.45) is 3.30. The number of aromatic nitrogens is 4. The minimum atomic E-state index is -0.158. The lowest BCUT2D eigenvalue weighted by atomic mass is 10.2. The van der Waals surface area contributed by atoms with E-state index in [0.29, 0.717) is 0 Å². The second-order valence-electron chi connectivity index (χ2n) is 4.51. The molecule has 5 nitrogen and oxygen atoms in total. The van der Waals surface area contributed by atoms with Crippen molar-refractivity contribution < 1.29 is 0 Å². The Morgan fingerprint density at radius 3 is 2.65 bits per heavy atom. The zero-order valence-corrected chi connectivity index (χ0v) is 10.4. The Morgan fingerprint density at radius 2 is 1.75 bits per heavy atom. The predicted molar refractivity (Wildman–Crippen MR) is 77.0 cm³/mol. The third-order valence-electron chi connectivity index (χ3n) is 3.30. The van der Waals surface area contributed by atoms with Gasteiger partial charge in [-0.05, 0) is 30.3 Å². The van der Waals surface area contributed by atoms with Crippen molar-refractivity contribution in [1.82, 2.24) is 19.5 Å². The Morgan fingerprint density at radius 1 is 0.950 bits per heavy atom. The molecule has 0 atom stereocenters. The van der Waals surface area contributed by atoms with E-state index in [1.165, 1.54) is 0 Å². The third-order valence-corrected chi connectivity index (χ3v) is 3.30. The van der Waals surface area contributed by atoms with Crippen molar-refractivity contribution in [2.75, 3.05) is 0 Å². The molecule has 0 amide bonds. The summed E-state index contributed by atoms with van der Waals surface area (Å²) in [5.74, 6) is 0. The second-order valence-corrected chi connectivity index (χ2v) is 4.51. The first-order valence-electron chi connectivity index (χ1n) is 6.24. The first-order chi connectivity index (χ1) is 9.83. The average molecular weight is 262 g/mol. The van der Waals surface area contributed by atoms with Gasteiger partial charge < -0.3 is 4.98 Å². The molecule has 4 rings (SSSR count). The van der Waals surface area contributed by atoms with E-state index in [9.17, 15) is 4.79 Å². The molecule has 0 saturated carbocycles. The maximum absolute atomic E-state index is 12.1. The van der Waals surface area contributed by atoms with Crippen molar-refractivity contribution in [3.05, 3.63) is 65.3 Å². The van der Waals surface area contributed by atoms with Gasteiger partial charge in [-0.25, -0.2) is 4.79 Å². The monoisotopic (exact) mass is 262 g/mol. The summed E-state index contributed by atoms with van der Waals surface area (Å²) in [5.41, 5.74) is 3.86. The SMILES string of the molecule is O=c1[nH]c2ccccc2n1-c1ccc2nccnc2c1. The van der Waals surface area contributed by atoms with E-state index < -0.39 is 0 Å². The van der Waals surface area contributed by atoms with Gasteiger partial charge in [-0.3, -0.25) is 14.5 Å². The van der Waals surface area contributed by atoms with E-state index in [0.717, 1.165) is 27.8 Å². The molecule has 0 aliphatic carbocycles. The molecule has 2 aromatic carbocycles. The van der Waals surface area contributed by atoms with Crippen LogP contribution in [0.25, 0.3) is 27.8 Å². The summed E-state index contributed by atoms with van der Waals surface area (Å²) < 4.78 is 1.64. The largest absolute Gasteiger partial charge is 0.331 e. The maximum Gasteiger partial charge on any atom is 0.331 e. The third kappa shape index (κ3) is 1.53. The van der Waals surface area contributed by atoms with E-state index in [1.54, 1.807) is 17.0 Å². The maximum atomic E-state index is 12.1. The molecular weight excluding hydrogens is 252 g/mol. The number of para-hydroxylation sites is 2. The zero-order chi connectivity index (χ0) is 13.5. The molecule has 0 radical (unpaired) electrons. The zero-order valence-electron chi connectivity index (χ0n) is 10.4. The van der Waals surface area contributed by atoms with Crippen molar-refractivity contribution in [3.8, 4) is 5.69 Å². The van der Waals surface area contributed by atoms with Crippen LogP contribution in [-0.4, -0.2) is 19.5 Å². The second kappa shape index (κ2) is 4.03. The molecule has 0 aliphatic heterocycles. The number of imidazole rings is 1. The number of H-pyrrole nitrogens is 1. The molecule has 2 heterocycles. The minimum absolute atomic E-state index is 0.158. The van der Waals surface area contributed by atoms with Crippen molar-refractivity contribution in [1.29, 1.82) is 0 Å². The number of hydrogen-bond donors (Lipinski definition) is 1. The van der Waals surface area contributed by atoms with Gasteiger partial charge in [-0.15, -0.1) is 0 Å². The smallest absolute Gasteiger partial charge is 0.305 e. The van der Waals surface area contributed by atoms with Gasteiger partial charge in [-0.1, -0.05) is 12.1 Å². The summed E-state index contributed by atoms with van der Waals surface area (Å²) in [7, 11) is 0. The summed E-state index contributed by atoms with van der Waals surface area (Å²) in [6.45, 7) is 0. The molecule has 20 heavy (non-hydrogen) atoms. The normalized spacial score (nSPS) is 11.2. The van der Waals surface area contributed by atoms with Gasteiger partial charge in [0.2, 0.25) is 0 Å². The quantitative estimate of drug-likeness (QED) is 0.572. The van der Waals surface area contributed by atoms with Crippen LogP contribution in [0.1, 0.15) is 0 Å². The van der Waals surface area contributed by atoms with Crippen molar-refractivity contribution in [3.63, 3.8) is 0 Å². The van der Waals surface area contributed by atoms with E-state index in [-0.39, 0.29) is 5.69 Å². The van der Waals surface area contributed by atoms with E-state index in [4.69, 9.17) is 0 Å². The fraction of sp³-hybridized carbons (Fsp3) is 0. The Hall–Kier alpha value is -2.95. The van der Waals surface area contributed by atoms with Crippen LogP contribution < -0.4 is 5.69 Å². The molecule has 1 N–H and O–H groups in total. The molecule has 0 bridgehead atoms. The molecule has 0 spiro atoms. The molecule has 96 valence electrons. The lowest BCUT2D eigenvalue weighted by Gasteiger charge is -2.04. The lowest BCUT2D eigenvalue weighted by molar-refractivity contribution is 1.02. The molecule has 4 aromatic rings. The summed E-state index contributed by atoms with van der Waals surface area (Å²) in [6, 6.07) is 13.2. The van der Waals surface area contributed by atoms with E-state index in [1.807, 2.05) is 42.5 Å². The molecule has 0 fully saturated rings. The van der Waals surface area contributed by atoms with Crippen LogP contribution in [0, 0.1) is 0 Å². The number of benzene rings is 2. The Balaban J connectivity index is 2.06. The van der Waals surface area contributed by atoms with Gasteiger partial charge in [0.1, 0.15) is 0 Å². The molecule has 0 saturated heterocycles. The van der Waals surface area contributed by atoms with Crippen LogP contribution in [-0.2, 0) is 0 Å². The average Bonchev–Trinajstić information content (AvgIpc) is 2.82. The number of nitrogens with one attached hydrogen (secondary N) is 1.